The molecule has 0 aliphatic heterocycles. The smallest absolute Gasteiger partial charge is 0.119 e. The average molecular weight is 207 g/mol. The van der Waals surface area contributed by atoms with E-state index in [1.165, 1.54) is 0 Å². The molecule has 0 saturated carbocycles. The summed E-state index contributed by atoms with van der Waals surface area (Å²) in [4.78, 5) is 0. The summed E-state index contributed by atoms with van der Waals surface area (Å²) in [7, 11) is 0. The van der Waals surface area contributed by atoms with E-state index in [0.29, 0.717) is 12.2 Å². The Morgan fingerprint density at radius 2 is 2.00 bits per heavy atom. The van der Waals surface area contributed by atoms with Crippen LogP contribution in [0.5, 0.6) is 5.75 Å². The number of aliphatic hydroxyl groups is 2. The SMILES string of the molecule is N#CCc1ccc(OCC(O)CO)cc1. The van der Waals surface area contributed by atoms with Gasteiger partial charge in [-0.25, -0.2) is 0 Å². The predicted molar refractivity (Wildman–Crippen MR) is 54.3 cm³/mol. The van der Waals surface area contributed by atoms with E-state index < -0.39 is 6.10 Å². The van der Waals surface area contributed by atoms with Crippen LogP contribution in [-0.4, -0.2) is 29.5 Å². The Balaban J connectivity index is 2.46. The minimum absolute atomic E-state index is 0.0636. The lowest BCUT2D eigenvalue weighted by Gasteiger charge is -2.09. The number of benzene rings is 1. The summed E-state index contributed by atoms with van der Waals surface area (Å²) < 4.78 is 5.20. The van der Waals surface area contributed by atoms with Crippen LogP contribution >= 0.6 is 0 Å². The van der Waals surface area contributed by atoms with Crippen LogP contribution < -0.4 is 4.74 Å². The number of nitriles is 1. The van der Waals surface area contributed by atoms with Gasteiger partial charge in [-0.1, -0.05) is 12.1 Å². The number of rotatable bonds is 5. The lowest BCUT2D eigenvalue weighted by atomic mass is 10.2. The molecule has 1 atom stereocenters. The molecule has 1 unspecified atom stereocenters. The van der Waals surface area contributed by atoms with Gasteiger partial charge in [-0.3, -0.25) is 0 Å². The first-order valence-corrected chi connectivity index (χ1v) is 4.64. The highest BCUT2D eigenvalue weighted by Gasteiger charge is 2.02. The molecule has 0 fully saturated rings. The molecule has 0 aromatic heterocycles. The molecule has 1 aromatic rings. The summed E-state index contributed by atoms with van der Waals surface area (Å²) in [6.45, 7) is -0.249. The van der Waals surface area contributed by atoms with Crippen molar-refractivity contribution in [3.05, 3.63) is 29.8 Å². The molecule has 0 bridgehead atoms. The summed E-state index contributed by atoms with van der Waals surface area (Å²) >= 11 is 0. The van der Waals surface area contributed by atoms with Crippen LogP contribution in [0.2, 0.25) is 0 Å². The van der Waals surface area contributed by atoms with Crippen molar-refractivity contribution < 1.29 is 14.9 Å². The maximum atomic E-state index is 9.04. The fourth-order valence-corrected chi connectivity index (χ4v) is 1.04. The number of hydrogen-bond donors (Lipinski definition) is 2. The van der Waals surface area contributed by atoms with Crippen molar-refractivity contribution in [3.63, 3.8) is 0 Å². The van der Waals surface area contributed by atoms with Crippen molar-refractivity contribution in [1.82, 2.24) is 0 Å². The van der Waals surface area contributed by atoms with Crippen LogP contribution in [0.1, 0.15) is 5.56 Å². The first-order valence-electron chi connectivity index (χ1n) is 4.64. The van der Waals surface area contributed by atoms with Gasteiger partial charge in [0.1, 0.15) is 18.5 Å². The lowest BCUT2D eigenvalue weighted by Crippen LogP contribution is -2.21. The Kier molecular flexibility index (Phi) is 4.61. The molecule has 4 heteroatoms. The van der Waals surface area contributed by atoms with Gasteiger partial charge in [-0.05, 0) is 17.7 Å². The third-order valence-electron chi connectivity index (χ3n) is 1.86. The fourth-order valence-electron chi connectivity index (χ4n) is 1.04. The second-order valence-corrected chi connectivity index (χ2v) is 3.13. The Morgan fingerprint density at radius 3 is 2.53 bits per heavy atom. The molecule has 0 spiro atoms. The molecule has 0 amide bonds. The Bertz CT molecular complexity index is 329. The van der Waals surface area contributed by atoms with Gasteiger partial charge >= 0.3 is 0 Å². The molecule has 2 N–H and O–H groups in total. The molecular weight excluding hydrogens is 194 g/mol. The Hall–Kier alpha value is -1.57. The van der Waals surface area contributed by atoms with Crippen LogP contribution in [0.25, 0.3) is 0 Å². The quantitative estimate of drug-likeness (QED) is 0.736. The zero-order valence-electron chi connectivity index (χ0n) is 8.26. The molecule has 4 nitrogen and oxygen atoms in total. The maximum absolute atomic E-state index is 9.04. The van der Waals surface area contributed by atoms with E-state index >= 15 is 0 Å². The van der Waals surface area contributed by atoms with Gasteiger partial charge < -0.3 is 14.9 Å². The van der Waals surface area contributed by atoms with E-state index in [4.69, 9.17) is 20.2 Å². The van der Waals surface area contributed by atoms with Crippen LogP contribution in [-0.2, 0) is 6.42 Å². The number of nitrogens with zero attached hydrogens (tertiary/aromatic N) is 1. The van der Waals surface area contributed by atoms with Gasteiger partial charge in [-0.2, -0.15) is 5.26 Å². The first-order chi connectivity index (χ1) is 7.26. The normalized spacial score (nSPS) is 11.8. The van der Waals surface area contributed by atoms with E-state index in [2.05, 4.69) is 0 Å². The molecule has 0 radical (unpaired) electrons. The summed E-state index contributed by atoms with van der Waals surface area (Å²) in [5.74, 6) is 0.615. The third kappa shape index (κ3) is 3.98. The molecule has 1 rings (SSSR count). The molecule has 80 valence electrons. The van der Waals surface area contributed by atoms with E-state index in [-0.39, 0.29) is 13.2 Å². The standard InChI is InChI=1S/C11H13NO3/c12-6-5-9-1-3-11(4-2-9)15-8-10(14)7-13/h1-4,10,13-14H,5,7-8H2. The van der Waals surface area contributed by atoms with Gasteiger partial charge in [-0.15, -0.1) is 0 Å². The van der Waals surface area contributed by atoms with Crippen molar-refractivity contribution in [3.8, 4) is 11.8 Å². The minimum atomic E-state index is -0.858. The zero-order chi connectivity index (χ0) is 11.1. The number of ether oxygens (including phenoxy) is 1. The van der Waals surface area contributed by atoms with Crippen LogP contribution in [0.3, 0.4) is 0 Å². The minimum Gasteiger partial charge on any atom is -0.491 e. The topological polar surface area (TPSA) is 73.5 Å². The van der Waals surface area contributed by atoms with Crippen molar-refractivity contribution >= 4 is 0 Å². The van der Waals surface area contributed by atoms with Crippen LogP contribution in [0, 0.1) is 11.3 Å². The highest BCUT2D eigenvalue weighted by molar-refractivity contribution is 5.28. The summed E-state index contributed by atoms with van der Waals surface area (Å²) in [6, 6.07) is 9.11. The van der Waals surface area contributed by atoms with Gasteiger partial charge in [0.15, 0.2) is 0 Å². The van der Waals surface area contributed by atoms with E-state index in [9.17, 15) is 0 Å². The van der Waals surface area contributed by atoms with E-state index in [1.807, 2.05) is 6.07 Å². The fraction of sp³-hybridized carbons (Fsp3) is 0.364. The molecule has 0 heterocycles. The summed E-state index contributed by atoms with van der Waals surface area (Å²) in [5.41, 5.74) is 0.924. The maximum Gasteiger partial charge on any atom is 0.119 e. The Morgan fingerprint density at radius 1 is 1.33 bits per heavy atom. The summed E-state index contributed by atoms with van der Waals surface area (Å²) in [5, 5.41) is 26.1. The van der Waals surface area contributed by atoms with Gasteiger partial charge in [0.25, 0.3) is 0 Å². The molecule has 15 heavy (non-hydrogen) atoms. The average Bonchev–Trinajstić information content (AvgIpc) is 2.28. The van der Waals surface area contributed by atoms with Gasteiger partial charge in [0.2, 0.25) is 0 Å². The van der Waals surface area contributed by atoms with Crippen molar-refractivity contribution in [1.29, 1.82) is 5.26 Å². The molecule has 0 saturated heterocycles. The van der Waals surface area contributed by atoms with Crippen LogP contribution in [0.4, 0.5) is 0 Å². The predicted octanol–water partition coefficient (Wildman–Crippen LogP) is 0.485. The van der Waals surface area contributed by atoms with Gasteiger partial charge in [0.05, 0.1) is 19.1 Å². The second-order valence-electron chi connectivity index (χ2n) is 3.13. The number of aliphatic hydroxyl groups excluding tert-OH is 2. The third-order valence-corrected chi connectivity index (χ3v) is 1.86. The molecule has 1 aromatic carbocycles. The lowest BCUT2D eigenvalue weighted by molar-refractivity contribution is 0.0536. The van der Waals surface area contributed by atoms with Crippen LogP contribution in [0.15, 0.2) is 24.3 Å². The second kappa shape index (κ2) is 6.02. The molecular formula is C11H13NO3. The van der Waals surface area contributed by atoms with Crippen molar-refractivity contribution in [2.24, 2.45) is 0 Å². The first kappa shape index (κ1) is 11.5. The molecule has 0 aliphatic carbocycles. The number of hydrogen-bond acceptors (Lipinski definition) is 4. The Labute approximate surface area is 88.4 Å². The van der Waals surface area contributed by atoms with E-state index in [1.54, 1.807) is 24.3 Å². The van der Waals surface area contributed by atoms with Crippen molar-refractivity contribution in [2.75, 3.05) is 13.2 Å². The monoisotopic (exact) mass is 207 g/mol. The zero-order valence-corrected chi connectivity index (χ0v) is 8.26. The van der Waals surface area contributed by atoms with E-state index in [0.717, 1.165) is 5.56 Å². The largest absolute Gasteiger partial charge is 0.491 e. The summed E-state index contributed by atoms with van der Waals surface area (Å²) in [6.07, 6.45) is -0.483. The van der Waals surface area contributed by atoms with Crippen molar-refractivity contribution in [2.45, 2.75) is 12.5 Å². The highest BCUT2D eigenvalue weighted by Crippen LogP contribution is 2.12. The van der Waals surface area contributed by atoms with Gasteiger partial charge in [0, 0.05) is 0 Å². The highest BCUT2D eigenvalue weighted by atomic mass is 16.5. The molecule has 0 aliphatic rings.